The fourth-order valence-electron chi connectivity index (χ4n) is 2.75. The number of primary amides is 1. The Kier molecular flexibility index (Phi) is 12.3. The third-order valence-corrected chi connectivity index (χ3v) is 4.18. The highest BCUT2D eigenvalue weighted by Crippen LogP contribution is 2.10. The quantitative estimate of drug-likeness (QED) is 0.200. The molecule has 0 bridgehead atoms. The van der Waals surface area contributed by atoms with Gasteiger partial charge >= 0.3 is 5.97 Å². The fourth-order valence-corrected chi connectivity index (χ4v) is 2.75. The summed E-state index contributed by atoms with van der Waals surface area (Å²) in [6.07, 6.45) is 0.268. The Morgan fingerprint density at radius 3 is 1.70 bits per heavy atom. The summed E-state index contributed by atoms with van der Waals surface area (Å²) in [5.74, 6) is -3.69. The molecule has 0 aromatic heterocycles. The highest BCUT2D eigenvalue weighted by molar-refractivity contribution is 5.93. The van der Waals surface area contributed by atoms with Gasteiger partial charge in [-0.2, -0.15) is 0 Å². The molecule has 0 heterocycles. The number of rotatable bonds is 14. The first kappa shape index (κ1) is 27.3. The number of hydrogen-bond acceptors (Lipinski definition) is 6. The first-order valence-corrected chi connectivity index (χ1v) is 9.98. The molecule has 3 atom stereocenters. The van der Waals surface area contributed by atoms with Crippen molar-refractivity contribution in [2.75, 3.05) is 6.54 Å². The molecule has 0 saturated heterocycles. The van der Waals surface area contributed by atoms with Crippen molar-refractivity contribution in [3.05, 3.63) is 0 Å². The molecule has 11 heteroatoms. The average Bonchev–Trinajstić information content (AvgIpc) is 2.62. The van der Waals surface area contributed by atoms with Crippen LogP contribution in [0.2, 0.25) is 0 Å². The molecule has 0 aromatic rings. The van der Waals surface area contributed by atoms with E-state index in [1.54, 1.807) is 0 Å². The second-order valence-corrected chi connectivity index (χ2v) is 8.05. The van der Waals surface area contributed by atoms with Gasteiger partial charge in [0.2, 0.25) is 23.6 Å². The lowest BCUT2D eigenvalue weighted by Gasteiger charge is -2.25. The second kappa shape index (κ2) is 13.5. The number of amides is 4. The van der Waals surface area contributed by atoms with E-state index in [0.717, 1.165) is 0 Å². The van der Waals surface area contributed by atoms with E-state index < -0.39 is 47.7 Å². The molecule has 0 saturated carbocycles. The van der Waals surface area contributed by atoms with Crippen LogP contribution < -0.4 is 27.4 Å². The van der Waals surface area contributed by atoms with Crippen LogP contribution in [0.25, 0.3) is 0 Å². The number of carbonyl (C=O) groups excluding carboxylic acids is 4. The number of carboxylic acids is 1. The molecule has 11 nitrogen and oxygen atoms in total. The third kappa shape index (κ3) is 11.3. The number of hydrogen-bond donors (Lipinski definition) is 6. The summed E-state index contributed by atoms with van der Waals surface area (Å²) < 4.78 is 0. The summed E-state index contributed by atoms with van der Waals surface area (Å²) >= 11 is 0. The molecule has 0 aliphatic heterocycles. The SMILES string of the molecule is CC(C)CC(NC(=O)C(CC(C)C)NC(=O)C(CCC(N)=O)NC(=O)CN)C(=O)O. The van der Waals surface area contributed by atoms with Gasteiger partial charge in [0.05, 0.1) is 6.54 Å². The van der Waals surface area contributed by atoms with Crippen molar-refractivity contribution in [2.24, 2.45) is 23.3 Å². The summed E-state index contributed by atoms with van der Waals surface area (Å²) in [4.78, 5) is 59.5. The summed E-state index contributed by atoms with van der Waals surface area (Å²) in [5, 5.41) is 16.8. The minimum Gasteiger partial charge on any atom is -0.480 e. The molecule has 0 aromatic carbocycles. The number of nitrogens with two attached hydrogens (primary N) is 2. The Balaban J connectivity index is 5.39. The van der Waals surface area contributed by atoms with Gasteiger partial charge in [-0.1, -0.05) is 27.7 Å². The molecular weight excluding hydrogens is 394 g/mol. The first-order valence-electron chi connectivity index (χ1n) is 9.98. The van der Waals surface area contributed by atoms with Crippen LogP contribution in [0.1, 0.15) is 53.4 Å². The van der Waals surface area contributed by atoms with Gasteiger partial charge in [-0.05, 0) is 31.1 Å². The Morgan fingerprint density at radius 2 is 1.27 bits per heavy atom. The van der Waals surface area contributed by atoms with E-state index in [2.05, 4.69) is 16.0 Å². The molecule has 3 unspecified atom stereocenters. The number of nitrogens with one attached hydrogen (secondary N) is 3. The lowest BCUT2D eigenvalue weighted by atomic mass is 10.00. The topological polar surface area (TPSA) is 194 Å². The predicted molar refractivity (Wildman–Crippen MR) is 110 cm³/mol. The second-order valence-electron chi connectivity index (χ2n) is 8.05. The van der Waals surface area contributed by atoms with Gasteiger partial charge in [-0.25, -0.2) is 4.79 Å². The molecule has 0 fully saturated rings. The monoisotopic (exact) mass is 429 g/mol. The third-order valence-electron chi connectivity index (χ3n) is 4.18. The van der Waals surface area contributed by atoms with E-state index in [1.807, 2.05) is 27.7 Å². The van der Waals surface area contributed by atoms with Crippen LogP contribution >= 0.6 is 0 Å². The van der Waals surface area contributed by atoms with E-state index in [9.17, 15) is 29.1 Å². The van der Waals surface area contributed by atoms with E-state index in [0.29, 0.717) is 0 Å². The Labute approximate surface area is 176 Å². The van der Waals surface area contributed by atoms with Gasteiger partial charge in [0.1, 0.15) is 18.1 Å². The number of carboxylic acid groups (broad SMARTS) is 1. The van der Waals surface area contributed by atoms with Crippen LogP contribution in [-0.4, -0.2) is 59.4 Å². The van der Waals surface area contributed by atoms with Crippen molar-refractivity contribution < 1.29 is 29.1 Å². The lowest BCUT2D eigenvalue weighted by Crippen LogP contribution is -2.56. The summed E-state index contributed by atoms with van der Waals surface area (Å²) in [6.45, 7) is 7.00. The van der Waals surface area contributed by atoms with E-state index >= 15 is 0 Å². The van der Waals surface area contributed by atoms with Gasteiger partial charge in [-0.3, -0.25) is 19.2 Å². The van der Waals surface area contributed by atoms with Gasteiger partial charge in [-0.15, -0.1) is 0 Å². The van der Waals surface area contributed by atoms with Crippen LogP contribution in [0.5, 0.6) is 0 Å². The molecule has 172 valence electrons. The minimum atomic E-state index is -1.17. The van der Waals surface area contributed by atoms with E-state index in [1.165, 1.54) is 0 Å². The first-order chi connectivity index (χ1) is 13.9. The van der Waals surface area contributed by atoms with Crippen LogP contribution in [0.4, 0.5) is 0 Å². The zero-order valence-electron chi connectivity index (χ0n) is 18.1. The van der Waals surface area contributed by atoms with Crippen LogP contribution in [-0.2, 0) is 24.0 Å². The molecule has 8 N–H and O–H groups in total. The molecule has 0 aliphatic rings. The molecule has 0 aliphatic carbocycles. The molecule has 4 amide bonds. The fraction of sp³-hybridized carbons (Fsp3) is 0.737. The van der Waals surface area contributed by atoms with Crippen molar-refractivity contribution in [3.63, 3.8) is 0 Å². The van der Waals surface area contributed by atoms with E-state index in [4.69, 9.17) is 11.5 Å². The van der Waals surface area contributed by atoms with Crippen molar-refractivity contribution in [3.8, 4) is 0 Å². The number of carbonyl (C=O) groups is 5. The van der Waals surface area contributed by atoms with Gasteiger partial charge < -0.3 is 32.5 Å². The standard InChI is InChI=1S/C19H35N5O6/c1-10(2)7-13(18(28)24-14(19(29)30)8-11(3)4)23-17(27)12(5-6-15(21)25)22-16(26)9-20/h10-14H,5-9,20H2,1-4H3,(H2,21,25)(H,22,26)(H,23,27)(H,24,28)(H,29,30). The van der Waals surface area contributed by atoms with Crippen molar-refractivity contribution in [2.45, 2.75) is 71.5 Å². The predicted octanol–water partition coefficient (Wildman–Crippen LogP) is -1.16. The van der Waals surface area contributed by atoms with Crippen LogP contribution in [0, 0.1) is 11.8 Å². The van der Waals surface area contributed by atoms with Gasteiger partial charge in [0, 0.05) is 6.42 Å². The van der Waals surface area contributed by atoms with Gasteiger partial charge in [0.15, 0.2) is 0 Å². The Morgan fingerprint density at radius 1 is 0.800 bits per heavy atom. The highest BCUT2D eigenvalue weighted by Gasteiger charge is 2.30. The Hall–Kier alpha value is -2.69. The molecule has 0 radical (unpaired) electrons. The maximum Gasteiger partial charge on any atom is 0.326 e. The van der Waals surface area contributed by atoms with Crippen molar-refractivity contribution in [1.82, 2.24) is 16.0 Å². The molecular formula is C19H35N5O6. The summed E-state index contributed by atoms with van der Waals surface area (Å²) in [5.41, 5.74) is 10.4. The van der Waals surface area contributed by atoms with Gasteiger partial charge in [0.25, 0.3) is 0 Å². The highest BCUT2D eigenvalue weighted by atomic mass is 16.4. The summed E-state index contributed by atoms with van der Waals surface area (Å²) in [7, 11) is 0. The molecule has 30 heavy (non-hydrogen) atoms. The minimum absolute atomic E-state index is 0.0112. The lowest BCUT2D eigenvalue weighted by molar-refractivity contribution is -0.143. The van der Waals surface area contributed by atoms with E-state index in [-0.39, 0.29) is 44.1 Å². The van der Waals surface area contributed by atoms with Crippen LogP contribution in [0.15, 0.2) is 0 Å². The molecule has 0 rings (SSSR count). The maximum absolute atomic E-state index is 12.7. The summed E-state index contributed by atoms with van der Waals surface area (Å²) in [6, 6.07) is -3.22. The largest absolute Gasteiger partial charge is 0.480 e. The van der Waals surface area contributed by atoms with Crippen molar-refractivity contribution in [1.29, 1.82) is 0 Å². The zero-order chi connectivity index (χ0) is 23.4. The van der Waals surface area contributed by atoms with Crippen molar-refractivity contribution >= 4 is 29.6 Å². The van der Waals surface area contributed by atoms with Crippen LogP contribution in [0.3, 0.4) is 0 Å². The smallest absolute Gasteiger partial charge is 0.326 e. The average molecular weight is 430 g/mol. The zero-order valence-corrected chi connectivity index (χ0v) is 18.1. The molecule has 0 spiro atoms. The normalized spacial score (nSPS) is 14.0. The maximum atomic E-state index is 12.7. The number of aliphatic carboxylic acids is 1. The Bertz CT molecular complexity index is 623.